The van der Waals surface area contributed by atoms with Crippen molar-refractivity contribution < 1.29 is 9.84 Å². The highest BCUT2D eigenvalue weighted by Crippen LogP contribution is 2.32. The van der Waals surface area contributed by atoms with E-state index in [1.165, 1.54) is 0 Å². The molecule has 14 heavy (non-hydrogen) atoms. The molecule has 0 atom stereocenters. The van der Waals surface area contributed by atoms with Crippen LogP contribution in [0.2, 0.25) is 5.02 Å². The van der Waals surface area contributed by atoms with Gasteiger partial charge in [0.2, 0.25) is 0 Å². The normalized spacial score (nSPS) is 10.2. The monoisotopic (exact) mass is 215 g/mol. The van der Waals surface area contributed by atoms with Gasteiger partial charge in [-0.3, -0.25) is 0 Å². The number of phenolic OH excluding ortho intramolecular Hbond substituents is 1. The van der Waals surface area contributed by atoms with Crippen molar-refractivity contribution in [2.75, 3.05) is 13.7 Å². The number of nitrogens with two attached hydrogens (primary N) is 1. The van der Waals surface area contributed by atoms with E-state index in [1.807, 2.05) is 0 Å². The Labute approximate surface area is 88.4 Å². The highest BCUT2D eigenvalue weighted by molar-refractivity contribution is 6.32. The van der Waals surface area contributed by atoms with Gasteiger partial charge in [-0.2, -0.15) is 0 Å². The van der Waals surface area contributed by atoms with Crippen LogP contribution >= 0.6 is 11.6 Å². The lowest BCUT2D eigenvalue weighted by molar-refractivity contribution is 0.410. The number of phenols is 1. The largest absolute Gasteiger partial charge is 0.506 e. The number of methoxy groups -OCH3 is 1. The third-order valence-electron chi connectivity index (χ3n) is 2.00. The Hall–Kier alpha value is -0.930. The third kappa shape index (κ3) is 2.53. The predicted molar refractivity (Wildman–Crippen MR) is 57.0 cm³/mol. The van der Waals surface area contributed by atoms with Crippen LogP contribution in [0.15, 0.2) is 12.1 Å². The minimum Gasteiger partial charge on any atom is -0.506 e. The van der Waals surface area contributed by atoms with E-state index in [0.717, 1.165) is 12.0 Å². The molecule has 0 saturated carbocycles. The molecule has 0 bridgehead atoms. The Morgan fingerprint density at radius 1 is 1.50 bits per heavy atom. The Morgan fingerprint density at radius 2 is 2.21 bits per heavy atom. The Balaban J connectivity index is 2.95. The molecular weight excluding hydrogens is 202 g/mol. The first kappa shape index (κ1) is 11.1. The van der Waals surface area contributed by atoms with E-state index in [9.17, 15) is 5.11 Å². The summed E-state index contributed by atoms with van der Waals surface area (Å²) in [7, 11) is 1.56. The van der Waals surface area contributed by atoms with Crippen molar-refractivity contribution in [3.63, 3.8) is 0 Å². The number of aryl methyl sites for hydroxylation is 1. The summed E-state index contributed by atoms with van der Waals surface area (Å²) in [5.41, 5.74) is 6.17. The number of ether oxygens (including phenoxy) is 1. The van der Waals surface area contributed by atoms with E-state index in [4.69, 9.17) is 22.1 Å². The maximum Gasteiger partial charge on any atom is 0.137 e. The van der Waals surface area contributed by atoms with E-state index in [-0.39, 0.29) is 5.75 Å². The molecule has 0 amide bonds. The van der Waals surface area contributed by atoms with Crippen LogP contribution in [-0.4, -0.2) is 18.8 Å². The molecule has 4 heteroatoms. The second-order valence-electron chi connectivity index (χ2n) is 3.01. The summed E-state index contributed by atoms with van der Waals surface area (Å²) < 4.78 is 5.04. The van der Waals surface area contributed by atoms with Crippen molar-refractivity contribution >= 4 is 11.6 Å². The number of benzene rings is 1. The summed E-state index contributed by atoms with van der Waals surface area (Å²) in [6.45, 7) is 0.592. The van der Waals surface area contributed by atoms with Gasteiger partial charge in [-0.1, -0.05) is 11.6 Å². The first-order chi connectivity index (χ1) is 6.69. The lowest BCUT2D eigenvalue weighted by Crippen LogP contribution is -2.00. The molecule has 3 N–H and O–H groups in total. The minimum atomic E-state index is 0.126. The quantitative estimate of drug-likeness (QED) is 0.807. The van der Waals surface area contributed by atoms with Crippen LogP contribution in [0.5, 0.6) is 11.5 Å². The van der Waals surface area contributed by atoms with Gasteiger partial charge in [-0.25, -0.2) is 0 Å². The second-order valence-corrected chi connectivity index (χ2v) is 3.42. The fourth-order valence-corrected chi connectivity index (χ4v) is 1.46. The van der Waals surface area contributed by atoms with Crippen molar-refractivity contribution in [2.24, 2.45) is 5.73 Å². The summed E-state index contributed by atoms with van der Waals surface area (Å²) in [6, 6.07) is 3.36. The van der Waals surface area contributed by atoms with Gasteiger partial charge < -0.3 is 15.6 Å². The van der Waals surface area contributed by atoms with E-state index in [1.54, 1.807) is 19.2 Å². The number of hydrogen-bond acceptors (Lipinski definition) is 3. The Kier molecular flexibility index (Phi) is 4.04. The number of rotatable bonds is 4. The predicted octanol–water partition coefficient (Wildman–Crippen LogP) is 1.95. The molecule has 0 saturated heterocycles. The molecule has 0 aliphatic rings. The molecule has 0 aromatic heterocycles. The molecule has 0 aliphatic heterocycles. The molecule has 0 spiro atoms. The fraction of sp³-hybridized carbons (Fsp3) is 0.400. The molecule has 1 rings (SSSR count). The van der Waals surface area contributed by atoms with Crippen molar-refractivity contribution in [3.8, 4) is 11.5 Å². The zero-order valence-corrected chi connectivity index (χ0v) is 8.84. The summed E-state index contributed by atoms with van der Waals surface area (Å²) in [6.07, 6.45) is 1.52. The van der Waals surface area contributed by atoms with Crippen LogP contribution in [0.1, 0.15) is 12.0 Å². The van der Waals surface area contributed by atoms with Crippen molar-refractivity contribution in [3.05, 3.63) is 22.7 Å². The fourth-order valence-electron chi connectivity index (χ4n) is 1.23. The topological polar surface area (TPSA) is 55.5 Å². The van der Waals surface area contributed by atoms with Crippen molar-refractivity contribution in [1.82, 2.24) is 0 Å². The Morgan fingerprint density at radius 3 is 2.79 bits per heavy atom. The van der Waals surface area contributed by atoms with Gasteiger partial charge in [-0.05, 0) is 31.0 Å². The zero-order valence-electron chi connectivity index (χ0n) is 8.09. The number of halogens is 1. The second kappa shape index (κ2) is 5.08. The van der Waals surface area contributed by atoms with Gasteiger partial charge in [0.25, 0.3) is 0 Å². The molecule has 78 valence electrons. The lowest BCUT2D eigenvalue weighted by atomic mass is 10.1. The van der Waals surface area contributed by atoms with Gasteiger partial charge in [-0.15, -0.1) is 0 Å². The van der Waals surface area contributed by atoms with Crippen LogP contribution in [0.3, 0.4) is 0 Å². The highest BCUT2D eigenvalue weighted by Gasteiger charge is 2.08. The average Bonchev–Trinajstić information content (AvgIpc) is 2.20. The highest BCUT2D eigenvalue weighted by atomic mass is 35.5. The molecule has 0 unspecified atom stereocenters. The summed E-state index contributed by atoms with van der Waals surface area (Å²) in [5, 5.41) is 9.93. The van der Waals surface area contributed by atoms with Crippen LogP contribution in [0.25, 0.3) is 0 Å². The molecule has 0 aliphatic carbocycles. The maximum atomic E-state index is 9.62. The van der Waals surface area contributed by atoms with Gasteiger partial charge >= 0.3 is 0 Å². The molecule has 0 heterocycles. The van der Waals surface area contributed by atoms with E-state index in [0.29, 0.717) is 23.7 Å². The van der Waals surface area contributed by atoms with Crippen molar-refractivity contribution in [1.29, 1.82) is 0 Å². The van der Waals surface area contributed by atoms with Crippen molar-refractivity contribution in [2.45, 2.75) is 12.8 Å². The molecule has 0 radical (unpaired) electrons. The van der Waals surface area contributed by atoms with E-state index in [2.05, 4.69) is 0 Å². The van der Waals surface area contributed by atoms with Gasteiger partial charge in [0.15, 0.2) is 0 Å². The zero-order chi connectivity index (χ0) is 10.6. The standard InChI is InChI=1S/C10H14ClNO2/c1-14-8-5-7(3-2-4-12)10(13)9(11)6-8/h5-6,13H,2-4,12H2,1H3. The summed E-state index contributed by atoms with van der Waals surface area (Å²) >= 11 is 5.82. The van der Waals surface area contributed by atoms with Crippen LogP contribution < -0.4 is 10.5 Å². The van der Waals surface area contributed by atoms with Gasteiger partial charge in [0, 0.05) is 6.07 Å². The number of hydrogen-bond donors (Lipinski definition) is 2. The van der Waals surface area contributed by atoms with E-state index < -0.39 is 0 Å². The molecule has 1 aromatic carbocycles. The molecule has 1 aromatic rings. The SMILES string of the molecule is COc1cc(Cl)c(O)c(CCCN)c1. The van der Waals surface area contributed by atoms with Gasteiger partial charge in [0.05, 0.1) is 12.1 Å². The summed E-state index contributed by atoms with van der Waals surface area (Å²) in [4.78, 5) is 0. The van der Waals surface area contributed by atoms with Crippen LogP contribution in [-0.2, 0) is 6.42 Å². The molecule has 3 nitrogen and oxygen atoms in total. The van der Waals surface area contributed by atoms with Gasteiger partial charge in [0.1, 0.15) is 11.5 Å². The maximum absolute atomic E-state index is 9.62. The third-order valence-corrected chi connectivity index (χ3v) is 2.29. The van der Waals surface area contributed by atoms with Crippen LogP contribution in [0.4, 0.5) is 0 Å². The lowest BCUT2D eigenvalue weighted by Gasteiger charge is -2.08. The average molecular weight is 216 g/mol. The Bertz CT molecular complexity index is 315. The minimum absolute atomic E-state index is 0.126. The first-order valence-electron chi connectivity index (χ1n) is 4.44. The summed E-state index contributed by atoms with van der Waals surface area (Å²) in [5.74, 6) is 0.778. The molecular formula is C10H14ClNO2. The van der Waals surface area contributed by atoms with Crippen LogP contribution in [0, 0.1) is 0 Å². The van der Waals surface area contributed by atoms with E-state index >= 15 is 0 Å². The number of aromatic hydroxyl groups is 1. The molecule has 0 fully saturated rings. The first-order valence-corrected chi connectivity index (χ1v) is 4.82. The smallest absolute Gasteiger partial charge is 0.137 e.